The molecule has 0 saturated heterocycles. The van der Waals surface area contributed by atoms with Gasteiger partial charge in [0.25, 0.3) is 6.08 Å². The van der Waals surface area contributed by atoms with E-state index < -0.39 is 6.08 Å². The molecule has 5 heteroatoms. The smallest absolute Gasteiger partial charge is 0.267 e. The van der Waals surface area contributed by atoms with Gasteiger partial charge < -0.3 is 10.5 Å². The Hall–Kier alpha value is -2.79. The summed E-state index contributed by atoms with van der Waals surface area (Å²) in [6, 6.07) is 25.1. The molecule has 0 aliphatic rings. The summed E-state index contributed by atoms with van der Waals surface area (Å²) in [5.74, 6) is 0.792. The van der Waals surface area contributed by atoms with Crippen molar-refractivity contribution < 1.29 is 13.5 Å². The molecule has 0 saturated carbocycles. The number of aryl methyl sites for hydroxylation is 1. The highest BCUT2D eigenvalue weighted by molar-refractivity contribution is 8.00. The van der Waals surface area contributed by atoms with Gasteiger partial charge in [0.15, 0.2) is 0 Å². The van der Waals surface area contributed by atoms with Crippen LogP contribution in [-0.4, -0.2) is 5.25 Å². The Bertz CT molecular complexity index is 908. The topological polar surface area (TPSA) is 35.2 Å². The number of benzene rings is 3. The predicted molar refractivity (Wildman–Crippen MR) is 116 cm³/mol. The Morgan fingerprint density at radius 3 is 2.24 bits per heavy atom. The zero-order chi connectivity index (χ0) is 20.5. The van der Waals surface area contributed by atoms with Gasteiger partial charge in [0.05, 0.1) is 0 Å². The molecule has 0 radical (unpaired) electrons. The zero-order valence-electron chi connectivity index (χ0n) is 15.9. The molecule has 150 valence electrons. The maximum atomic E-state index is 12.9. The van der Waals surface area contributed by atoms with Crippen molar-refractivity contribution in [1.29, 1.82) is 0 Å². The minimum absolute atomic E-state index is 0.308. The molecule has 3 rings (SSSR count). The van der Waals surface area contributed by atoms with E-state index in [1.165, 1.54) is 11.8 Å². The summed E-state index contributed by atoms with van der Waals surface area (Å²) in [5.41, 5.74) is 8.55. The van der Waals surface area contributed by atoms with Gasteiger partial charge in [-0.2, -0.15) is 8.78 Å². The van der Waals surface area contributed by atoms with E-state index in [-0.39, 0.29) is 5.25 Å². The van der Waals surface area contributed by atoms with Crippen molar-refractivity contribution in [2.24, 2.45) is 0 Å². The molecule has 0 aromatic heterocycles. The first-order valence-corrected chi connectivity index (χ1v) is 10.3. The van der Waals surface area contributed by atoms with Crippen LogP contribution in [0.5, 0.6) is 5.75 Å². The Morgan fingerprint density at radius 1 is 0.897 bits per heavy atom. The Labute approximate surface area is 174 Å². The molecule has 2 N–H and O–H groups in total. The number of nitrogen functional groups attached to an aromatic ring is 1. The standard InChI is InChI=1S/C24H23F2NOS/c25-24(26)16-23(29-22-14-9-20(27)10-15-22)13-8-18-6-11-21(12-7-18)28-17-19-4-2-1-3-5-19/h1-7,9-12,14-16,23H,8,13,17,27H2/t23-/m1/s1. The number of hydrogen-bond donors (Lipinski definition) is 1. The maximum Gasteiger partial charge on any atom is 0.267 e. The zero-order valence-corrected chi connectivity index (χ0v) is 16.7. The van der Waals surface area contributed by atoms with E-state index in [0.717, 1.165) is 27.8 Å². The summed E-state index contributed by atoms with van der Waals surface area (Å²) in [5, 5.41) is -0.308. The molecule has 3 aromatic carbocycles. The fourth-order valence-corrected chi connectivity index (χ4v) is 3.89. The molecule has 2 nitrogen and oxygen atoms in total. The minimum atomic E-state index is -1.65. The first kappa shape index (κ1) is 20.9. The van der Waals surface area contributed by atoms with Gasteiger partial charge in [-0.3, -0.25) is 0 Å². The van der Waals surface area contributed by atoms with E-state index >= 15 is 0 Å². The normalized spacial score (nSPS) is 11.7. The van der Waals surface area contributed by atoms with Gasteiger partial charge >= 0.3 is 0 Å². The van der Waals surface area contributed by atoms with Gasteiger partial charge in [-0.25, -0.2) is 0 Å². The van der Waals surface area contributed by atoms with Crippen molar-refractivity contribution in [2.45, 2.75) is 29.6 Å². The highest BCUT2D eigenvalue weighted by Crippen LogP contribution is 2.29. The SMILES string of the molecule is Nc1ccc(S[C@@H](C=C(F)F)CCc2ccc(OCc3ccccc3)cc2)cc1. The monoisotopic (exact) mass is 411 g/mol. The fourth-order valence-electron chi connectivity index (χ4n) is 2.84. The number of nitrogens with two attached hydrogens (primary N) is 1. The van der Waals surface area contributed by atoms with E-state index in [1.54, 1.807) is 12.1 Å². The fraction of sp³-hybridized carbons (Fsp3) is 0.167. The molecule has 0 unspecified atom stereocenters. The molecule has 0 aliphatic carbocycles. The summed E-state index contributed by atoms with van der Waals surface area (Å²) < 4.78 is 31.5. The number of hydrogen-bond acceptors (Lipinski definition) is 3. The van der Waals surface area contributed by atoms with Crippen LogP contribution in [0, 0.1) is 0 Å². The summed E-state index contributed by atoms with van der Waals surface area (Å²) >= 11 is 1.42. The molecule has 0 fully saturated rings. The Kier molecular flexibility index (Phi) is 7.70. The molecule has 0 spiro atoms. The van der Waals surface area contributed by atoms with E-state index in [2.05, 4.69) is 0 Å². The number of thioether (sulfide) groups is 1. The first-order valence-electron chi connectivity index (χ1n) is 9.39. The van der Waals surface area contributed by atoms with Gasteiger partial charge in [0, 0.05) is 15.8 Å². The molecular weight excluding hydrogens is 388 g/mol. The molecule has 0 bridgehead atoms. The third kappa shape index (κ3) is 7.27. The molecule has 29 heavy (non-hydrogen) atoms. The van der Waals surface area contributed by atoms with Crippen LogP contribution in [0.2, 0.25) is 0 Å². The highest BCUT2D eigenvalue weighted by atomic mass is 32.2. The third-order valence-corrected chi connectivity index (χ3v) is 5.59. The second-order valence-electron chi connectivity index (χ2n) is 6.64. The second-order valence-corrected chi connectivity index (χ2v) is 7.95. The Balaban J connectivity index is 1.54. The lowest BCUT2D eigenvalue weighted by Crippen LogP contribution is -2.02. The lowest BCUT2D eigenvalue weighted by Gasteiger charge is -2.13. The average Bonchev–Trinajstić information content (AvgIpc) is 2.73. The highest BCUT2D eigenvalue weighted by Gasteiger charge is 2.11. The van der Waals surface area contributed by atoms with Crippen molar-refractivity contribution in [3.63, 3.8) is 0 Å². The lowest BCUT2D eigenvalue weighted by atomic mass is 10.1. The molecule has 0 aliphatic heterocycles. The van der Waals surface area contributed by atoms with Crippen LogP contribution in [0.1, 0.15) is 17.5 Å². The lowest BCUT2D eigenvalue weighted by molar-refractivity contribution is 0.306. The third-order valence-electron chi connectivity index (χ3n) is 4.37. The van der Waals surface area contributed by atoms with Gasteiger partial charge in [0.2, 0.25) is 0 Å². The second kappa shape index (κ2) is 10.7. The van der Waals surface area contributed by atoms with Crippen LogP contribution in [0.4, 0.5) is 14.5 Å². The molecule has 0 amide bonds. The van der Waals surface area contributed by atoms with Gasteiger partial charge in [-0.05, 0) is 66.4 Å². The predicted octanol–water partition coefficient (Wildman–Crippen LogP) is 6.72. The number of rotatable bonds is 9. The minimum Gasteiger partial charge on any atom is -0.489 e. The van der Waals surface area contributed by atoms with Gasteiger partial charge in [-0.1, -0.05) is 42.5 Å². The average molecular weight is 412 g/mol. The van der Waals surface area contributed by atoms with Gasteiger partial charge in [0.1, 0.15) is 12.4 Å². The van der Waals surface area contributed by atoms with Crippen LogP contribution in [0.3, 0.4) is 0 Å². The van der Waals surface area contributed by atoms with Crippen molar-refractivity contribution in [2.75, 3.05) is 5.73 Å². The molecular formula is C24H23F2NOS. The molecule has 3 aromatic rings. The largest absolute Gasteiger partial charge is 0.489 e. The number of anilines is 1. The van der Waals surface area contributed by atoms with E-state index in [9.17, 15) is 8.78 Å². The van der Waals surface area contributed by atoms with Crippen molar-refractivity contribution >= 4 is 17.4 Å². The van der Waals surface area contributed by atoms with E-state index in [1.807, 2.05) is 66.7 Å². The number of halogens is 2. The summed E-state index contributed by atoms with van der Waals surface area (Å²) in [6.45, 7) is 0.515. The quantitative estimate of drug-likeness (QED) is 0.313. The summed E-state index contributed by atoms with van der Waals surface area (Å²) in [4.78, 5) is 0.923. The van der Waals surface area contributed by atoms with Crippen LogP contribution >= 0.6 is 11.8 Å². The Morgan fingerprint density at radius 2 is 1.59 bits per heavy atom. The van der Waals surface area contributed by atoms with E-state index in [4.69, 9.17) is 10.5 Å². The van der Waals surface area contributed by atoms with Crippen molar-refractivity contribution in [1.82, 2.24) is 0 Å². The van der Waals surface area contributed by atoms with Crippen molar-refractivity contribution in [3.8, 4) is 5.75 Å². The van der Waals surface area contributed by atoms with Gasteiger partial charge in [-0.15, -0.1) is 11.8 Å². The van der Waals surface area contributed by atoms with Crippen LogP contribution in [0.15, 0.2) is 95.9 Å². The number of ether oxygens (including phenoxy) is 1. The maximum absolute atomic E-state index is 12.9. The first-order chi connectivity index (χ1) is 14.1. The molecule has 0 heterocycles. The molecule has 1 atom stereocenters. The van der Waals surface area contributed by atoms with Crippen LogP contribution in [-0.2, 0) is 13.0 Å². The summed E-state index contributed by atoms with van der Waals surface area (Å²) in [7, 11) is 0. The summed E-state index contributed by atoms with van der Waals surface area (Å²) in [6.07, 6.45) is 0.687. The van der Waals surface area contributed by atoms with E-state index in [0.29, 0.717) is 25.1 Å². The van der Waals surface area contributed by atoms with Crippen LogP contribution < -0.4 is 10.5 Å². The van der Waals surface area contributed by atoms with Crippen molar-refractivity contribution in [3.05, 3.63) is 102 Å². The van der Waals surface area contributed by atoms with Crippen LogP contribution in [0.25, 0.3) is 0 Å².